The Labute approximate surface area is 279 Å². The quantitative estimate of drug-likeness (QED) is 0.0635. The summed E-state index contributed by atoms with van der Waals surface area (Å²) in [5.41, 5.74) is 2.42. The van der Waals surface area contributed by atoms with E-state index < -0.39 is 23.4 Å². The van der Waals surface area contributed by atoms with Crippen molar-refractivity contribution in [1.82, 2.24) is 5.32 Å². The zero-order valence-corrected chi connectivity index (χ0v) is 29.6. The standard InChI is InChI=1S/C40H57NO5/c1-9-11-13-15-16-17-18-19-20-21-22-23-24-26-29-40(8,41-37(44)27-25-14-12-10-2)30-28-36-33(5)38(45-34(6)42)31(3)32(4)39(36)46-35(7)43/h2H,9,11,13,15-24,26,28-30H2,1,3-8H3,(H,41,44). The van der Waals surface area contributed by atoms with Crippen LogP contribution in [0.5, 0.6) is 11.5 Å². The minimum Gasteiger partial charge on any atom is -0.426 e. The smallest absolute Gasteiger partial charge is 0.308 e. The van der Waals surface area contributed by atoms with Gasteiger partial charge in [0.15, 0.2) is 0 Å². The van der Waals surface area contributed by atoms with Gasteiger partial charge in [-0.05, 0) is 87.3 Å². The van der Waals surface area contributed by atoms with Crippen LogP contribution in [0.2, 0.25) is 0 Å². The molecule has 0 heterocycles. The van der Waals surface area contributed by atoms with Crippen molar-refractivity contribution < 1.29 is 23.9 Å². The molecule has 0 aliphatic heterocycles. The summed E-state index contributed by atoms with van der Waals surface area (Å²) in [6.07, 6.45) is 24.8. The molecular formula is C40H57NO5. The molecule has 0 bridgehead atoms. The number of rotatable bonds is 21. The van der Waals surface area contributed by atoms with Crippen molar-refractivity contribution >= 4 is 17.8 Å². The second-order valence-electron chi connectivity index (χ2n) is 12.7. The van der Waals surface area contributed by atoms with E-state index >= 15 is 0 Å². The molecule has 1 aromatic carbocycles. The van der Waals surface area contributed by atoms with Crippen LogP contribution in [0.1, 0.15) is 153 Å². The molecule has 1 atom stereocenters. The molecule has 1 N–H and O–H groups in total. The van der Waals surface area contributed by atoms with Crippen LogP contribution in [0.4, 0.5) is 0 Å². The van der Waals surface area contributed by atoms with E-state index in [1.807, 2.05) is 27.7 Å². The highest BCUT2D eigenvalue weighted by Gasteiger charge is 2.28. The maximum absolute atomic E-state index is 12.8. The molecule has 0 aromatic heterocycles. The molecular weight excluding hydrogens is 574 g/mol. The number of carbonyl (C=O) groups excluding carboxylic acids is 3. The molecule has 0 radical (unpaired) electrons. The summed E-state index contributed by atoms with van der Waals surface area (Å²) in [6, 6.07) is 0. The molecule has 0 spiro atoms. The summed E-state index contributed by atoms with van der Waals surface area (Å²) < 4.78 is 11.3. The van der Waals surface area contributed by atoms with Gasteiger partial charge in [0.2, 0.25) is 0 Å². The van der Waals surface area contributed by atoms with Crippen LogP contribution in [-0.2, 0) is 20.8 Å². The van der Waals surface area contributed by atoms with E-state index in [0.29, 0.717) is 24.3 Å². The van der Waals surface area contributed by atoms with E-state index in [9.17, 15) is 14.4 Å². The first-order valence-corrected chi connectivity index (χ1v) is 17.2. The third-order valence-electron chi connectivity index (χ3n) is 8.60. The fourth-order valence-corrected chi connectivity index (χ4v) is 5.86. The predicted molar refractivity (Wildman–Crippen MR) is 187 cm³/mol. The van der Waals surface area contributed by atoms with E-state index in [2.05, 4.69) is 41.8 Å². The van der Waals surface area contributed by atoms with E-state index in [0.717, 1.165) is 41.5 Å². The second kappa shape index (κ2) is 22.8. The van der Waals surface area contributed by atoms with Gasteiger partial charge in [-0.2, -0.15) is 0 Å². The van der Waals surface area contributed by atoms with Crippen molar-refractivity contribution in [3.63, 3.8) is 0 Å². The number of nitrogens with one attached hydrogen (secondary N) is 1. The van der Waals surface area contributed by atoms with Gasteiger partial charge in [-0.25, -0.2) is 0 Å². The molecule has 1 rings (SSSR count). The number of carbonyl (C=O) groups is 3. The van der Waals surface area contributed by atoms with E-state index in [1.54, 1.807) is 0 Å². The normalized spacial score (nSPS) is 11.6. The van der Waals surface area contributed by atoms with Gasteiger partial charge in [-0.3, -0.25) is 14.4 Å². The largest absolute Gasteiger partial charge is 0.426 e. The number of hydrogen-bond donors (Lipinski definition) is 1. The number of unbranched alkanes of at least 4 members (excludes halogenated alkanes) is 13. The van der Waals surface area contributed by atoms with Gasteiger partial charge >= 0.3 is 11.9 Å². The van der Waals surface area contributed by atoms with Crippen LogP contribution in [0.25, 0.3) is 0 Å². The van der Waals surface area contributed by atoms with Gasteiger partial charge in [0.1, 0.15) is 11.5 Å². The first-order chi connectivity index (χ1) is 22.0. The Morgan fingerprint density at radius 3 is 1.65 bits per heavy atom. The van der Waals surface area contributed by atoms with Gasteiger partial charge in [0, 0.05) is 30.9 Å². The number of ether oxygens (including phenoxy) is 2. The lowest BCUT2D eigenvalue weighted by Crippen LogP contribution is -2.46. The van der Waals surface area contributed by atoms with Gasteiger partial charge in [-0.1, -0.05) is 96.8 Å². The molecule has 6 nitrogen and oxygen atoms in total. The Bertz CT molecular complexity index is 1310. The lowest BCUT2D eigenvalue weighted by Gasteiger charge is -2.31. The average molecular weight is 632 g/mol. The molecule has 252 valence electrons. The van der Waals surface area contributed by atoms with E-state index in [1.165, 1.54) is 90.9 Å². The molecule has 1 amide bonds. The van der Waals surface area contributed by atoms with Gasteiger partial charge in [-0.15, -0.1) is 6.42 Å². The Morgan fingerprint density at radius 2 is 1.15 bits per heavy atom. The maximum Gasteiger partial charge on any atom is 0.308 e. The third-order valence-corrected chi connectivity index (χ3v) is 8.60. The SMILES string of the molecule is C#CC#CC#CC(=O)NC(C)(CCCCCCCCCCCCCCCC)CCc1c(C)c(OC(C)=O)c(C)c(C)c1OC(C)=O. The first-order valence-electron chi connectivity index (χ1n) is 17.2. The molecule has 46 heavy (non-hydrogen) atoms. The topological polar surface area (TPSA) is 81.7 Å². The Morgan fingerprint density at radius 1 is 0.674 bits per heavy atom. The molecule has 0 aliphatic rings. The zero-order valence-electron chi connectivity index (χ0n) is 29.6. The van der Waals surface area contributed by atoms with Crippen LogP contribution >= 0.6 is 0 Å². The molecule has 1 aromatic rings. The van der Waals surface area contributed by atoms with Crippen molar-refractivity contribution in [1.29, 1.82) is 0 Å². The van der Waals surface area contributed by atoms with Crippen molar-refractivity contribution in [3.05, 3.63) is 22.3 Å². The Kier molecular flexibility index (Phi) is 20.0. The fourth-order valence-electron chi connectivity index (χ4n) is 5.86. The molecule has 1 unspecified atom stereocenters. The fraction of sp³-hybridized carbons (Fsp3) is 0.625. The van der Waals surface area contributed by atoms with Crippen molar-refractivity contribution in [2.45, 2.75) is 163 Å². The van der Waals surface area contributed by atoms with Crippen LogP contribution in [-0.4, -0.2) is 23.4 Å². The van der Waals surface area contributed by atoms with Crippen LogP contribution < -0.4 is 14.8 Å². The molecule has 0 aliphatic carbocycles. The summed E-state index contributed by atoms with van der Waals surface area (Å²) in [4.78, 5) is 36.7. The minimum atomic E-state index is -0.581. The highest BCUT2D eigenvalue weighted by Crippen LogP contribution is 2.39. The van der Waals surface area contributed by atoms with Crippen LogP contribution in [0.15, 0.2) is 0 Å². The number of amides is 1. The van der Waals surface area contributed by atoms with Crippen molar-refractivity contribution in [3.8, 4) is 47.5 Å². The predicted octanol–water partition coefficient (Wildman–Crippen LogP) is 8.78. The lowest BCUT2D eigenvalue weighted by atomic mass is 9.85. The molecule has 0 saturated heterocycles. The average Bonchev–Trinajstić information content (AvgIpc) is 3.00. The highest BCUT2D eigenvalue weighted by molar-refractivity contribution is 5.94. The van der Waals surface area contributed by atoms with E-state index in [-0.39, 0.29) is 0 Å². The van der Waals surface area contributed by atoms with Crippen LogP contribution in [0, 0.1) is 56.8 Å². The summed E-state index contributed by atoms with van der Waals surface area (Å²) in [5, 5.41) is 3.11. The maximum atomic E-state index is 12.8. The molecule has 0 fully saturated rings. The molecule has 0 saturated carbocycles. The van der Waals surface area contributed by atoms with Gasteiger partial charge < -0.3 is 14.8 Å². The number of terminal acetylenes is 1. The van der Waals surface area contributed by atoms with Crippen molar-refractivity contribution in [2.24, 2.45) is 0 Å². The second-order valence-corrected chi connectivity index (χ2v) is 12.7. The van der Waals surface area contributed by atoms with Gasteiger partial charge in [0.25, 0.3) is 5.91 Å². The Balaban J connectivity index is 2.92. The number of benzene rings is 1. The first kappa shape index (κ1) is 40.3. The lowest BCUT2D eigenvalue weighted by molar-refractivity contribution is -0.133. The summed E-state index contributed by atoms with van der Waals surface area (Å²) in [5.74, 6) is 11.8. The number of esters is 2. The van der Waals surface area contributed by atoms with Gasteiger partial charge in [0.05, 0.1) is 0 Å². The summed E-state index contributed by atoms with van der Waals surface area (Å²) in [7, 11) is 0. The Hall–Kier alpha value is -3.69. The van der Waals surface area contributed by atoms with Crippen molar-refractivity contribution in [2.75, 3.05) is 0 Å². The van der Waals surface area contributed by atoms with Crippen LogP contribution in [0.3, 0.4) is 0 Å². The summed E-state index contributed by atoms with van der Waals surface area (Å²) in [6.45, 7) is 12.6. The van der Waals surface area contributed by atoms with E-state index in [4.69, 9.17) is 15.9 Å². The number of hydrogen-bond acceptors (Lipinski definition) is 5. The molecule has 6 heteroatoms. The zero-order chi connectivity index (χ0) is 34.4. The monoisotopic (exact) mass is 631 g/mol. The minimum absolute atomic E-state index is 0.418. The highest BCUT2D eigenvalue weighted by atomic mass is 16.5. The summed E-state index contributed by atoms with van der Waals surface area (Å²) >= 11 is 0. The third kappa shape index (κ3) is 16.0.